The van der Waals surface area contributed by atoms with Gasteiger partial charge in [0.05, 0.1) is 6.20 Å². The average Bonchev–Trinajstić information content (AvgIpc) is 2.69. The summed E-state index contributed by atoms with van der Waals surface area (Å²) in [5.41, 5.74) is 2.13. The number of thioether (sulfide) groups is 1. The van der Waals surface area contributed by atoms with E-state index in [-0.39, 0.29) is 5.91 Å². The zero-order valence-electron chi connectivity index (χ0n) is 9.48. The lowest BCUT2D eigenvalue weighted by Gasteiger charge is -2.00. The van der Waals surface area contributed by atoms with Crippen molar-refractivity contribution in [3.63, 3.8) is 0 Å². The largest absolute Gasteiger partial charge is 0.294 e. The fourth-order valence-electron chi connectivity index (χ4n) is 1.30. The first-order valence-corrected chi connectivity index (χ1v) is 6.32. The predicted molar refractivity (Wildman–Crippen MR) is 64.7 cm³/mol. The van der Waals surface area contributed by atoms with E-state index < -0.39 is 0 Å². The van der Waals surface area contributed by atoms with Crippen molar-refractivity contribution in [3.05, 3.63) is 12.4 Å². The van der Waals surface area contributed by atoms with Gasteiger partial charge in [0.1, 0.15) is 0 Å². The molecule has 5 nitrogen and oxygen atoms in total. The fraction of sp³-hybridized carbons (Fsp3) is 0.600. The summed E-state index contributed by atoms with van der Waals surface area (Å²) in [7, 11) is 1.91. The number of nitrogens with two attached hydrogens (primary N) is 1. The average molecular weight is 242 g/mol. The van der Waals surface area contributed by atoms with Crippen molar-refractivity contribution in [3.8, 4) is 0 Å². The highest BCUT2D eigenvalue weighted by Gasteiger charge is 1.99. The molecule has 0 saturated carbocycles. The molecule has 3 N–H and O–H groups in total. The molecule has 90 valence electrons. The smallest absolute Gasteiger partial charge is 0.233 e. The fourth-order valence-corrected chi connectivity index (χ4v) is 2.23. The van der Waals surface area contributed by atoms with E-state index in [2.05, 4.69) is 10.5 Å². The van der Waals surface area contributed by atoms with E-state index in [1.54, 1.807) is 16.4 Å². The van der Waals surface area contributed by atoms with Crippen LogP contribution in [0.15, 0.2) is 17.3 Å². The van der Waals surface area contributed by atoms with Crippen LogP contribution in [0, 0.1) is 0 Å². The third kappa shape index (κ3) is 5.18. The van der Waals surface area contributed by atoms with Crippen LogP contribution in [-0.4, -0.2) is 21.4 Å². The maximum Gasteiger partial charge on any atom is 0.233 e. The van der Waals surface area contributed by atoms with Crippen LogP contribution < -0.4 is 11.3 Å². The van der Waals surface area contributed by atoms with Crippen LogP contribution >= 0.6 is 11.8 Å². The monoisotopic (exact) mass is 242 g/mol. The number of aryl methyl sites for hydroxylation is 1. The molecule has 0 saturated heterocycles. The number of hydrogen-bond donors (Lipinski definition) is 2. The Balaban J connectivity index is 1.98. The van der Waals surface area contributed by atoms with Gasteiger partial charge in [-0.2, -0.15) is 5.10 Å². The van der Waals surface area contributed by atoms with E-state index in [0.29, 0.717) is 6.42 Å². The van der Waals surface area contributed by atoms with Crippen LogP contribution in [0.5, 0.6) is 0 Å². The van der Waals surface area contributed by atoms with Crippen LogP contribution in [0.2, 0.25) is 0 Å². The number of hydrogen-bond acceptors (Lipinski definition) is 4. The molecule has 6 heteroatoms. The molecule has 1 heterocycles. The highest BCUT2D eigenvalue weighted by Crippen LogP contribution is 2.18. The first-order valence-electron chi connectivity index (χ1n) is 5.33. The maximum absolute atomic E-state index is 10.8. The lowest BCUT2D eigenvalue weighted by Crippen LogP contribution is -2.29. The van der Waals surface area contributed by atoms with Gasteiger partial charge in [-0.1, -0.05) is 6.42 Å². The van der Waals surface area contributed by atoms with Gasteiger partial charge in [0, 0.05) is 24.6 Å². The summed E-state index contributed by atoms with van der Waals surface area (Å²) in [5.74, 6) is 5.96. The van der Waals surface area contributed by atoms with Crippen molar-refractivity contribution in [2.24, 2.45) is 12.9 Å². The summed E-state index contributed by atoms with van der Waals surface area (Å²) in [6.45, 7) is 0. The number of carbonyl (C=O) groups is 1. The van der Waals surface area contributed by atoms with Gasteiger partial charge < -0.3 is 0 Å². The second-order valence-electron chi connectivity index (χ2n) is 3.58. The van der Waals surface area contributed by atoms with Gasteiger partial charge in [0.15, 0.2) is 0 Å². The first-order chi connectivity index (χ1) is 7.72. The van der Waals surface area contributed by atoms with Crippen LogP contribution in [0.25, 0.3) is 0 Å². The Morgan fingerprint density at radius 1 is 1.56 bits per heavy atom. The Morgan fingerprint density at radius 3 is 3.00 bits per heavy atom. The second-order valence-corrected chi connectivity index (χ2v) is 4.74. The van der Waals surface area contributed by atoms with Crippen molar-refractivity contribution < 1.29 is 4.79 Å². The van der Waals surface area contributed by atoms with Crippen LogP contribution in [0.3, 0.4) is 0 Å². The molecular formula is C10H18N4OS. The number of amides is 1. The van der Waals surface area contributed by atoms with Gasteiger partial charge in [0.2, 0.25) is 5.91 Å². The molecule has 0 aromatic carbocycles. The maximum atomic E-state index is 10.8. The molecule has 0 fully saturated rings. The van der Waals surface area contributed by atoms with Gasteiger partial charge in [0.25, 0.3) is 0 Å². The Hall–Kier alpha value is -1.01. The molecular weight excluding hydrogens is 224 g/mol. The van der Waals surface area contributed by atoms with Crippen LogP contribution in [-0.2, 0) is 11.8 Å². The minimum absolute atomic E-state index is 0.0834. The Bertz CT molecular complexity index is 326. The molecule has 1 rings (SSSR count). The third-order valence-corrected chi connectivity index (χ3v) is 3.20. The second kappa shape index (κ2) is 7.29. The number of aromatic nitrogens is 2. The minimum Gasteiger partial charge on any atom is -0.294 e. The van der Waals surface area contributed by atoms with E-state index in [1.807, 2.05) is 19.4 Å². The van der Waals surface area contributed by atoms with E-state index in [1.165, 1.54) is 4.90 Å². The van der Waals surface area contributed by atoms with E-state index in [4.69, 9.17) is 5.84 Å². The van der Waals surface area contributed by atoms with E-state index >= 15 is 0 Å². The molecule has 1 amide bonds. The number of carbonyl (C=O) groups excluding carboxylic acids is 1. The Labute approximate surface area is 99.7 Å². The van der Waals surface area contributed by atoms with Crippen LogP contribution in [0.4, 0.5) is 0 Å². The minimum atomic E-state index is -0.0834. The molecule has 0 radical (unpaired) electrons. The van der Waals surface area contributed by atoms with Crippen molar-refractivity contribution >= 4 is 17.7 Å². The number of rotatable bonds is 7. The Morgan fingerprint density at radius 2 is 2.38 bits per heavy atom. The molecule has 0 atom stereocenters. The molecule has 0 unspecified atom stereocenters. The number of unbranched alkanes of at least 4 members (excludes halogenated alkanes) is 2. The van der Waals surface area contributed by atoms with Gasteiger partial charge in [-0.15, -0.1) is 11.8 Å². The molecule has 1 aromatic heterocycles. The lowest BCUT2D eigenvalue weighted by atomic mass is 10.2. The van der Waals surface area contributed by atoms with E-state index in [0.717, 1.165) is 25.0 Å². The van der Waals surface area contributed by atoms with Crippen molar-refractivity contribution in [2.45, 2.75) is 30.6 Å². The number of nitrogens with zero attached hydrogens (tertiary/aromatic N) is 2. The van der Waals surface area contributed by atoms with Crippen molar-refractivity contribution in [1.29, 1.82) is 0 Å². The molecule has 16 heavy (non-hydrogen) atoms. The zero-order chi connectivity index (χ0) is 11.8. The molecule has 1 aromatic rings. The summed E-state index contributed by atoms with van der Waals surface area (Å²) in [6, 6.07) is 0. The SMILES string of the molecule is Cn1cc(SCCCCCC(=O)NN)cn1. The number of hydrazine groups is 1. The summed E-state index contributed by atoms with van der Waals surface area (Å²) in [6.07, 6.45) is 7.46. The van der Waals surface area contributed by atoms with E-state index in [9.17, 15) is 4.79 Å². The lowest BCUT2D eigenvalue weighted by molar-refractivity contribution is -0.121. The molecule has 0 spiro atoms. The Kier molecular flexibility index (Phi) is 5.95. The summed E-state index contributed by atoms with van der Waals surface area (Å²) in [4.78, 5) is 12.0. The normalized spacial score (nSPS) is 10.4. The molecule has 0 bridgehead atoms. The predicted octanol–water partition coefficient (Wildman–Crippen LogP) is 1.06. The highest BCUT2D eigenvalue weighted by molar-refractivity contribution is 7.99. The van der Waals surface area contributed by atoms with Gasteiger partial charge in [-0.3, -0.25) is 14.9 Å². The molecule has 0 aliphatic carbocycles. The molecule has 0 aliphatic heterocycles. The quantitative estimate of drug-likeness (QED) is 0.246. The number of nitrogens with one attached hydrogen (secondary N) is 1. The van der Waals surface area contributed by atoms with Gasteiger partial charge in [-0.05, 0) is 18.6 Å². The van der Waals surface area contributed by atoms with Gasteiger partial charge >= 0.3 is 0 Å². The highest BCUT2D eigenvalue weighted by atomic mass is 32.2. The summed E-state index contributed by atoms with van der Waals surface area (Å²) in [5, 5.41) is 4.09. The van der Waals surface area contributed by atoms with Crippen molar-refractivity contribution in [2.75, 3.05) is 5.75 Å². The molecule has 0 aliphatic rings. The zero-order valence-corrected chi connectivity index (χ0v) is 10.3. The summed E-state index contributed by atoms with van der Waals surface area (Å²) >= 11 is 1.80. The topological polar surface area (TPSA) is 72.9 Å². The van der Waals surface area contributed by atoms with Crippen LogP contribution in [0.1, 0.15) is 25.7 Å². The third-order valence-electron chi connectivity index (χ3n) is 2.16. The first kappa shape index (κ1) is 13.1. The van der Waals surface area contributed by atoms with Crippen molar-refractivity contribution in [1.82, 2.24) is 15.2 Å². The van der Waals surface area contributed by atoms with Gasteiger partial charge in [-0.25, -0.2) is 5.84 Å². The summed E-state index contributed by atoms with van der Waals surface area (Å²) < 4.78 is 1.80. The standard InChI is InChI=1S/C10H18N4OS/c1-14-8-9(7-12-14)16-6-4-2-3-5-10(15)13-11/h7-8H,2-6,11H2,1H3,(H,13,15).